The second-order valence-corrected chi connectivity index (χ2v) is 9.98. The Hall–Kier alpha value is -2.42. The fourth-order valence-corrected chi connectivity index (χ4v) is 4.44. The summed E-state index contributed by atoms with van der Waals surface area (Å²) >= 11 is 1.71. The van der Waals surface area contributed by atoms with Crippen LogP contribution >= 0.6 is 21.0 Å². The van der Waals surface area contributed by atoms with E-state index in [9.17, 15) is 0 Å². The summed E-state index contributed by atoms with van der Waals surface area (Å²) in [5.41, 5.74) is 7.17. The van der Waals surface area contributed by atoms with Gasteiger partial charge in [-0.2, -0.15) is 0 Å². The smallest absolute Gasteiger partial charge is 0.163 e. The van der Waals surface area contributed by atoms with Crippen molar-refractivity contribution in [3.05, 3.63) is 87.8 Å². The number of H-pyrrole nitrogens is 1. The lowest BCUT2D eigenvalue weighted by Gasteiger charge is -2.10. The maximum atomic E-state index is 5.20. The topological polar surface area (TPSA) is 34.2 Å². The second kappa shape index (κ2) is 14.8. The van der Waals surface area contributed by atoms with E-state index in [0.717, 1.165) is 27.7 Å². The number of hydrogen-bond donors (Lipinski definition) is 1. The minimum Gasteiger partial charge on any atom is -0.493 e. The van der Waals surface area contributed by atoms with Crippen molar-refractivity contribution in [2.75, 3.05) is 14.2 Å². The van der Waals surface area contributed by atoms with E-state index in [1.165, 1.54) is 32.5 Å². The molecule has 0 fully saturated rings. The number of aromatic amines is 1. The monoisotopic (exact) mass is 497 g/mol. The number of methoxy groups -OCH3 is 2. The van der Waals surface area contributed by atoms with Gasteiger partial charge in [-0.25, -0.2) is 0 Å². The number of allylic oxidation sites excluding steroid dienone is 2. The summed E-state index contributed by atoms with van der Waals surface area (Å²) in [4.78, 5) is 5.69. The van der Waals surface area contributed by atoms with Gasteiger partial charge in [-0.05, 0) is 79.2 Å². The van der Waals surface area contributed by atoms with Crippen LogP contribution in [0.25, 0.3) is 16.0 Å². The number of benzene rings is 2. The van der Waals surface area contributed by atoms with Crippen LogP contribution < -0.4 is 9.47 Å². The van der Waals surface area contributed by atoms with Crippen LogP contribution in [0.4, 0.5) is 0 Å². The zero-order valence-corrected chi connectivity index (χ0v) is 24.1. The average molecular weight is 498 g/mol. The molecule has 0 radical (unpaired) electrons. The van der Waals surface area contributed by atoms with Gasteiger partial charge in [0.05, 0.1) is 19.9 Å². The van der Waals surface area contributed by atoms with Crippen LogP contribution in [0.5, 0.6) is 11.5 Å². The normalized spacial score (nSPS) is 10.8. The van der Waals surface area contributed by atoms with Gasteiger partial charge in [-0.15, -0.1) is 9.24 Å². The van der Waals surface area contributed by atoms with Crippen molar-refractivity contribution >= 4 is 25.9 Å². The minimum atomic E-state index is 0.801. The Balaban J connectivity index is 0.000000353. The summed E-state index contributed by atoms with van der Waals surface area (Å²) < 4.78 is 10.4. The van der Waals surface area contributed by atoms with Crippen LogP contribution in [0, 0.1) is 20.8 Å². The molecule has 0 aliphatic carbocycles. The molecule has 0 aliphatic heterocycles. The molecule has 3 aromatic rings. The van der Waals surface area contributed by atoms with Crippen LogP contribution in [-0.4, -0.2) is 19.2 Å². The van der Waals surface area contributed by atoms with Gasteiger partial charge in [0.1, 0.15) is 0 Å². The Labute approximate surface area is 213 Å². The van der Waals surface area contributed by atoms with E-state index in [-0.39, 0.29) is 0 Å². The molecule has 1 atom stereocenters. The number of thioether (sulfide) groups is 1. The lowest BCUT2D eigenvalue weighted by molar-refractivity contribution is 0.352. The van der Waals surface area contributed by atoms with Gasteiger partial charge in [-0.3, -0.25) is 0 Å². The summed E-state index contributed by atoms with van der Waals surface area (Å²) in [5, 5.41) is 1.22. The van der Waals surface area contributed by atoms with Gasteiger partial charge >= 0.3 is 0 Å². The number of nitrogens with one attached hydrogen (secondary N) is 1. The molecule has 1 aromatic heterocycles. The van der Waals surface area contributed by atoms with Crippen molar-refractivity contribution in [2.45, 2.75) is 48.5 Å². The first-order valence-electron chi connectivity index (χ1n) is 11.4. The summed E-state index contributed by atoms with van der Waals surface area (Å²) in [6, 6.07) is 14.8. The van der Waals surface area contributed by atoms with Gasteiger partial charge in [0.25, 0.3) is 0 Å². The fraction of sp³-hybridized carbons (Fsp3) is 0.310. The van der Waals surface area contributed by atoms with Crippen LogP contribution in [0.15, 0.2) is 65.5 Å². The maximum absolute atomic E-state index is 5.20. The minimum absolute atomic E-state index is 0.801. The molecule has 0 amide bonds. The van der Waals surface area contributed by atoms with Crippen molar-refractivity contribution in [3.63, 3.8) is 0 Å². The summed E-state index contributed by atoms with van der Waals surface area (Å²) in [7, 11) is 6.08. The Morgan fingerprint density at radius 2 is 1.59 bits per heavy atom. The molecular weight excluding hydrogens is 457 g/mol. The zero-order valence-electron chi connectivity index (χ0n) is 22.1. The van der Waals surface area contributed by atoms with E-state index in [1.54, 1.807) is 26.0 Å². The molecule has 3 nitrogen and oxygen atoms in total. The largest absolute Gasteiger partial charge is 0.493 e. The highest BCUT2D eigenvalue weighted by molar-refractivity contribution is 8.11. The molecule has 5 heteroatoms. The highest BCUT2D eigenvalue weighted by atomic mass is 32.2. The molecule has 1 unspecified atom stereocenters. The van der Waals surface area contributed by atoms with Gasteiger partial charge in [0.2, 0.25) is 0 Å². The van der Waals surface area contributed by atoms with Crippen LogP contribution in [0.1, 0.15) is 50.1 Å². The number of rotatable bonds is 6. The third-order valence-electron chi connectivity index (χ3n) is 4.72. The number of hydrogen-bond acceptors (Lipinski definition) is 3. The molecule has 1 N–H and O–H groups in total. The summed E-state index contributed by atoms with van der Waals surface area (Å²) in [5.74, 6) is 1.62. The van der Waals surface area contributed by atoms with Crippen molar-refractivity contribution in [3.8, 4) is 22.6 Å². The van der Waals surface area contributed by atoms with E-state index < -0.39 is 0 Å². The molecule has 0 aliphatic rings. The molecular formula is C29H40NO2PS. The Bertz CT molecular complexity index is 1110. The van der Waals surface area contributed by atoms with Crippen LogP contribution in [-0.2, 0) is 0 Å². The second-order valence-electron chi connectivity index (χ2n) is 7.81. The predicted octanol–water partition coefficient (Wildman–Crippen LogP) is 9.17. The van der Waals surface area contributed by atoms with Crippen LogP contribution in [0.3, 0.4) is 0 Å². The first kappa shape index (κ1) is 29.6. The Morgan fingerprint density at radius 3 is 2.12 bits per heavy atom. The van der Waals surface area contributed by atoms with E-state index in [0.29, 0.717) is 0 Å². The molecule has 34 heavy (non-hydrogen) atoms. The third kappa shape index (κ3) is 8.74. The first-order valence-corrected chi connectivity index (χ1v) is 12.8. The highest BCUT2D eigenvalue weighted by Gasteiger charge is 2.10. The highest BCUT2D eigenvalue weighted by Crippen LogP contribution is 2.38. The number of aromatic nitrogens is 1. The van der Waals surface area contributed by atoms with Crippen molar-refractivity contribution < 1.29 is 9.47 Å². The van der Waals surface area contributed by atoms with Gasteiger partial charge in [0.15, 0.2) is 11.5 Å². The molecule has 0 bridgehead atoms. The van der Waals surface area contributed by atoms with Crippen molar-refractivity contribution in [1.29, 1.82) is 0 Å². The zero-order chi connectivity index (χ0) is 25.8. The molecule has 3 rings (SSSR count). The van der Waals surface area contributed by atoms with E-state index in [4.69, 9.17) is 9.47 Å². The van der Waals surface area contributed by atoms with E-state index in [2.05, 4.69) is 77.2 Å². The third-order valence-corrected chi connectivity index (χ3v) is 6.31. The molecule has 0 spiro atoms. The van der Waals surface area contributed by atoms with Crippen LogP contribution in [0.2, 0.25) is 0 Å². The first-order chi connectivity index (χ1) is 16.2. The standard InChI is InChI=1S/C17H20NPS.C10H14O2.C2H6/c1-11(2)20-17(13(4)19)16-9-15(10-18-16)14-7-5-6-12(3)8-14;1-7-5-8(2)10(12-4)9(6-7)11-3;1-2/h5-10,18H,1,19H2,2-4H3;5-6H,1-4H3;1-2H3/b17-13+;;. The SMILES string of the molecule is C=C(C)S/C(=C(\C)P)c1cc(-c2cccc(C)c2)c[nH]1.CC.COc1cc(C)cc(C)c1OC. The van der Waals surface area contributed by atoms with E-state index >= 15 is 0 Å². The molecule has 2 aromatic carbocycles. The Morgan fingerprint density at radius 1 is 0.912 bits per heavy atom. The van der Waals surface area contributed by atoms with Crippen molar-refractivity contribution in [2.24, 2.45) is 0 Å². The lowest BCUT2D eigenvalue weighted by Crippen LogP contribution is -1.93. The summed E-state index contributed by atoms with van der Waals surface area (Å²) in [6.07, 6.45) is 2.07. The van der Waals surface area contributed by atoms with Gasteiger partial charge in [-0.1, -0.05) is 68.1 Å². The van der Waals surface area contributed by atoms with Gasteiger partial charge < -0.3 is 14.5 Å². The quantitative estimate of drug-likeness (QED) is 0.345. The summed E-state index contributed by atoms with van der Waals surface area (Å²) in [6.45, 7) is 18.3. The molecule has 1 heterocycles. The average Bonchev–Trinajstić information content (AvgIpc) is 3.28. The maximum Gasteiger partial charge on any atom is 0.163 e. The lowest BCUT2D eigenvalue weighted by atomic mass is 10.1. The van der Waals surface area contributed by atoms with Crippen molar-refractivity contribution in [1.82, 2.24) is 4.98 Å². The predicted molar refractivity (Wildman–Crippen MR) is 156 cm³/mol. The molecule has 0 saturated carbocycles. The fourth-order valence-electron chi connectivity index (χ4n) is 3.37. The number of ether oxygens (including phenoxy) is 2. The van der Waals surface area contributed by atoms with Gasteiger partial charge in [0, 0.05) is 11.1 Å². The van der Waals surface area contributed by atoms with E-state index in [1.807, 2.05) is 40.7 Å². The molecule has 184 valence electrons. The number of aryl methyl sites for hydroxylation is 3. The Kier molecular flexibility index (Phi) is 12.9. The molecule has 0 saturated heterocycles.